The fourth-order valence-corrected chi connectivity index (χ4v) is 5.33. The molecule has 0 unspecified atom stereocenters. The van der Waals surface area contributed by atoms with E-state index in [4.69, 9.17) is 5.11 Å². The van der Waals surface area contributed by atoms with Gasteiger partial charge in [-0.15, -0.1) is 11.3 Å². The average molecular weight is 360 g/mol. The summed E-state index contributed by atoms with van der Waals surface area (Å²) in [6.07, 6.45) is 0.104. The molecule has 0 fully saturated rings. The molecule has 0 radical (unpaired) electrons. The van der Waals surface area contributed by atoms with Crippen molar-refractivity contribution in [1.82, 2.24) is 0 Å². The van der Waals surface area contributed by atoms with Crippen molar-refractivity contribution >= 4 is 37.0 Å². The smallest absolute Gasteiger partial charge is 0.191 e. The van der Waals surface area contributed by atoms with E-state index < -0.39 is 16.4 Å². The standard InChI is InChI=1S/C18H16O4S2/c19-11-16(20)9-13-4-3-5-14(8-13)12-24(21,22)18-10-15-6-1-2-7-17(15)23-18/h1-8,10,19H,9,11-12H2. The number of ketones is 1. The van der Waals surface area contributed by atoms with Crippen molar-refractivity contribution in [3.05, 3.63) is 65.7 Å². The first kappa shape index (κ1) is 16.8. The number of fused-ring (bicyclic) bond motifs is 1. The topological polar surface area (TPSA) is 71.4 Å². The Labute approximate surface area is 144 Å². The third-order valence-corrected chi connectivity index (χ3v) is 7.00. The van der Waals surface area contributed by atoms with Gasteiger partial charge in [-0.05, 0) is 28.6 Å². The molecule has 1 aromatic heterocycles. The lowest BCUT2D eigenvalue weighted by Crippen LogP contribution is -2.08. The van der Waals surface area contributed by atoms with Crippen molar-refractivity contribution in [2.75, 3.05) is 6.61 Å². The summed E-state index contributed by atoms with van der Waals surface area (Å²) >= 11 is 1.27. The van der Waals surface area contributed by atoms with Gasteiger partial charge in [0.25, 0.3) is 0 Å². The molecule has 24 heavy (non-hydrogen) atoms. The van der Waals surface area contributed by atoms with E-state index in [0.717, 1.165) is 10.1 Å². The number of carbonyl (C=O) groups excluding carboxylic acids is 1. The maximum absolute atomic E-state index is 12.7. The summed E-state index contributed by atoms with van der Waals surface area (Å²) in [5.41, 5.74) is 1.34. The number of aliphatic hydroxyl groups excluding tert-OH is 1. The van der Waals surface area contributed by atoms with Crippen LogP contribution < -0.4 is 0 Å². The summed E-state index contributed by atoms with van der Waals surface area (Å²) in [5.74, 6) is -0.402. The Hall–Kier alpha value is -2.02. The zero-order chi connectivity index (χ0) is 17.2. The molecule has 0 amide bonds. The van der Waals surface area contributed by atoms with E-state index in [9.17, 15) is 13.2 Å². The lowest BCUT2D eigenvalue weighted by molar-refractivity contribution is -0.121. The predicted octanol–water partition coefficient (Wildman–Crippen LogP) is 2.98. The Balaban J connectivity index is 1.86. The minimum absolute atomic E-state index is 0.104. The molecular weight excluding hydrogens is 344 g/mol. The van der Waals surface area contributed by atoms with Crippen LogP contribution in [-0.4, -0.2) is 25.9 Å². The molecule has 0 spiro atoms. The van der Waals surface area contributed by atoms with Crippen molar-refractivity contribution in [3.63, 3.8) is 0 Å². The first-order valence-electron chi connectivity index (χ1n) is 7.40. The molecular formula is C18H16O4S2. The zero-order valence-corrected chi connectivity index (χ0v) is 14.4. The van der Waals surface area contributed by atoms with Crippen molar-refractivity contribution < 1.29 is 18.3 Å². The van der Waals surface area contributed by atoms with Crippen LogP contribution in [0.5, 0.6) is 0 Å². The molecule has 0 aliphatic carbocycles. The number of hydrogen-bond donors (Lipinski definition) is 1. The largest absolute Gasteiger partial charge is 0.389 e. The highest BCUT2D eigenvalue weighted by Gasteiger charge is 2.18. The summed E-state index contributed by atoms with van der Waals surface area (Å²) in [4.78, 5) is 11.3. The van der Waals surface area contributed by atoms with Gasteiger partial charge in [0.15, 0.2) is 15.6 Å². The number of hydrogen-bond acceptors (Lipinski definition) is 5. The van der Waals surface area contributed by atoms with E-state index in [1.54, 1.807) is 30.3 Å². The van der Waals surface area contributed by atoms with Crippen LogP contribution in [0.2, 0.25) is 0 Å². The van der Waals surface area contributed by atoms with Gasteiger partial charge in [-0.2, -0.15) is 0 Å². The minimum Gasteiger partial charge on any atom is -0.389 e. The molecule has 0 aliphatic heterocycles. The van der Waals surface area contributed by atoms with Crippen LogP contribution in [0.25, 0.3) is 10.1 Å². The number of aliphatic hydroxyl groups is 1. The number of Topliss-reactive ketones (excluding diaryl/α,β-unsaturated/α-hetero) is 1. The fourth-order valence-electron chi connectivity index (χ4n) is 2.51. The minimum atomic E-state index is -3.44. The predicted molar refractivity (Wildman–Crippen MR) is 95.0 cm³/mol. The van der Waals surface area contributed by atoms with Crippen molar-refractivity contribution in [1.29, 1.82) is 0 Å². The van der Waals surface area contributed by atoms with E-state index in [-0.39, 0.29) is 18.0 Å². The molecule has 0 bridgehead atoms. The molecule has 6 heteroatoms. The van der Waals surface area contributed by atoms with Gasteiger partial charge in [-0.25, -0.2) is 8.42 Å². The molecule has 4 nitrogen and oxygen atoms in total. The van der Waals surface area contributed by atoms with E-state index in [1.165, 1.54) is 11.3 Å². The fraction of sp³-hybridized carbons (Fsp3) is 0.167. The molecule has 1 N–H and O–H groups in total. The summed E-state index contributed by atoms with van der Waals surface area (Å²) < 4.78 is 26.6. The molecule has 1 heterocycles. The van der Waals surface area contributed by atoms with Gasteiger partial charge in [0.05, 0.1) is 5.75 Å². The van der Waals surface area contributed by atoms with E-state index in [1.807, 2.05) is 24.3 Å². The molecule has 0 saturated carbocycles. The monoisotopic (exact) mass is 360 g/mol. The highest BCUT2D eigenvalue weighted by Crippen LogP contribution is 2.30. The summed E-state index contributed by atoms with van der Waals surface area (Å²) in [6.45, 7) is -0.510. The number of carbonyl (C=O) groups is 1. The molecule has 3 rings (SSSR count). The van der Waals surface area contributed by atoms with Gasteiger partial charge < -0.3 is 5.11 Å². The Morgan fingerprint density at radius 1 is 1.00 bits per heavy atom. The van der Waals surface area contributed by atoms with Gasteiger partial charge in [-0.1, -0.05) is 42.5 Å². The first-order valence-corrected chi connectivity index (χ1v) is 9.86. The number of rotatable bonds is 6. The van der Waals surface area contributed by atoms with Crippen LogP contribution >= 0.6 is 11.3 Å². The van der Waals surface area contributed by atoms with Crippen LogP contribution in [0.4, 0.5) is 0 Å². The molecule has 124 valence electrons. The third kappa shape index (κ3) is 3.72. The highest BCUT2D eigenvalue weighted by molar-refractivity contribution is 7.92. The van der Waals surface area contributed by atoms with E-state index in [0.29, 0.717) is 15.3 Å². The quantitative estimate of drug-likeness (QED) is 0.734. The van der Waals surface area contributed by atoms with Crippen molar-refractivity contribution in [2.24, 2.45) is 0 Å². The Morgan fingerprint density at radius 3 is 2.50 bits per heavy atom. The zero-order valence-electron chi connectivity index (χ0n) is 12.8. The van der Waals surface area contributed by atoms with Crippen LogP contribution in [0.1, 0.15) is 11.1 Å². The number of thiophene rings is 1. The maximum Gasteiger partial charge on any atom is 0.191 e. The lowest BCUT2D eigenvalue weighted by Gasteiger charge is -2.05. The Kier molecular flexibility index (Phi) is 4.80. The third-order valence-electron chi connectivity index (χ3n) is 3.64. The molecule has 0 saturated heterocycles. The Bertz CT molecular complexity index is 954. The number of benzene rings is 2. The van der Waals surface area contributed by atoms with Crippen molar-refractivity contribution in [3.8, 4) is 0 Å². The van der Waals surface area contributed by atoms with Gasteiger partial charge in [0, 0.05) is 11.1 Å². The second-order valence-electron chi connectivity index (χ2n) is 5.56. The summed E-state index contributed by atoms with van der Waals surface area (Å²) in [7, 11) is -3.44. The molecule has 0 atom stereocenters. The lowest BCUT2D eigenvalue weighted by atomic mass is 10.1. The second-order valence-corrected chi connectivity index (χ2v) is 8.86. The molecule has 2 aromatic carbocycles. The summed E-state index contributed by atoms with van der Waals surface area (Å²) in [6, 6.07) is 16.2. The molecule has 3 aromatic rings. The van der Waals surface area contributed by atoms with Gasteiger partial charge in [0.2, 0.25) is 0 Å². The van der Waals surface area contributed by atoms with Crippen LogP contribution in [0.3, 0.4) is 0 Å². The van der Waals surface area contributed by atoms with Gasteiger partial charge in [-0.3, -0.25) is 4.79 Å². The Morgan fingerprint density at radius 2 is 1.75 bits per heavy atom. The van der Waals surface area contributed by atoms with Gasteiger partial charge in [0.1, 0.15) is 10.8 Å². The van der Waals surface area contributed by atoms with Crippen molar-refractivity contribution in [2.45, 2.75) is 16.4 Å². The molecule has 0 aliphatic rings. The average Bonchev–Trinajstić information content (AvgIpc) is 2.99. The van der Waals surface area contributed by atoms with Gasteiger partial charge >= 0.3 is 0 Å². The summed E-state index contributed by atoms with van der Waals surface area (Å²) in [5, 5.41) is 9.75. The SMILES string of the molecule is O=C(CO)Cc1cccc(CS(=O)(=O)c2cc3ccccc3s2)c1. The van der Waals surface area contributed by atoms with Crippen LogP contribution in [0.15, 0.2) is 58.8 Å². The van der Waals surface area contributed by atoms with Crippen LogP contribution in [0, 0.1) is 0 Å². The van der Waals surface area contributed by atoms with E-state index >= 15 is 0 Å². The van der Waals surface area contributed by atoms with E-state index in [2.05, 4.69) is 0 Å². The maximum atomic E-state index is 12.7. The first-order chi connectivity index (χ1) is 11.5. The van der Waals surface area contributed by atoms with Crippen LogP contribution in [-0.2, 0) is 26.8 Å². The highest BCUT2D eigenvalue weighted by atomic mass is 32.2. The second kappa shape index (κ2) is 6.84. The normalized spacial score (nSPS) is 11.7. The number of sulfone groups is 1.